The summed E-state index contributed by atoms with van der Waals surface area (Å²) in [5.74, 6) is 6.88. The molecule has 188 valence electrons. The number of fused-ring (bicyclic) bond motifs is 1. The van der Waals surface area contributed by atoms with Crippen molar-refractivity contribution < 1.29 is 4.79 Å². The van der Waals surface area contributed by atoms with Gasteiger partial charge in [-0.25, -0.2) is 14.6 Å². The number of carbonyl (C=O) groups is 1. The molecule has 1 fully saturated rings. The largest absolute Gasteiger partial charge is 0.383 e. The molecule has 3 heterocycles. The smallest absolute Gasteiger partial charge is 0.167 e. The predicted molar refractivity (Wildman–Crippen MR) is 147 cm³/mol. The number of likely N-dealkylation sites (tertiary alicyclic amines) is 1. The number of ketones is 1. The molecule has 8 heteroatoms. The fraction of sp³-hybridized carbons (Fsp3) is 0.310. The van der Waals surface area contributed by atoms with E-state index in [0.717, 1.165) is 53.8 Å². The third kappa shape index (κ3) is 5.22. The highest BCUT2D eigenvalue weighted by molar-refractivity contribution is 6.31. The minimum Gasteiger partial charge on any atom is -0.383 e. The quantitative estimate of drug-likeness (QED) is 0.313. The Bertz CT molecular complexity index is 1560. The van der Waals surface area contributed by atoms with Gasteiger partial charge in [-0.05, 0) is 81.6 Å². The van der Waals surface area contributed by atoms with Gasteiger partial charge in [-0.2, -0.15) is 5.10 Å². The molecule has 1 aliphatic heterocycles. The zero-order valence-corrected chi connectivity index (χ0v) is 22.0. The first-order chi connectivity index (χ1) is 17.8. The summed E-state index contributed by atoms with van der Waals surface area (Å²) in [6, 6.07) is 11.6. The Balaban J connectivity index is 1.45. The molecule has 0 bridgehead atoms. The molecule has 2 aromatic carbocycles. The van der Waals surface area contributed by atoms with Crippen LogP contribution in [-0.2, 0) is 6.42 Å². The third-order valence-corrected chi connectivity index (χ3v) is 7.44. The number of carbonyl (C=O) groups excluding carboxylic acids is 1. The summed E-state index contributed by atoms with van der Waals surface area (Å²) < 4.78 is 1.97. The average molecular weight is 513 g/mol. The Kier molecular flexibility index (Phi) is 6.96. The van der Waals surface area contributed by atoms with E-state index in [2.05, 4.69) is 33.8 Å². The first-order valence-electron chi connectivity index (χ1n) is 12.4. The molecule has 0 spiro atoms. The van der Waals surface area contributed by atoms with E-state index < -0.39 is 0 Å². The molecule has 1 aliphatic rings. The van der Waals surface area contributed by atoms with Gasteiger partial charge in [-0.15, -0.1) is 0 Å². The molecule has 5 rings (SSSR count). The number of nitrogens with two attached hydrogens (primary N) is 1. The molecule has 0 aliphatic carbocycles. The van der Waals surface area contributed by atoms with Crippen LogP contribution < -0.4 is 5.73 Å². The molecular weight excluding hydrogens is 484 g/mol. The Morgan fingerprint density at radius 3 is 2.59 bits per heavy atom. The molecule has 0 unspecified atom stereocenters. The Labute approximate surface area is 221 Å². The maximum Gasteiger partial charge on any atom is 0.167 e. The van der Waals surface area contributed by atoms with Crippen molar-refractivity contribution in [2.45, 2.75) is 39.2 Å². The average Bonchev–Trinajstić information content (AvgIpc) is 3.26. The molecule has 1 saturated heterocycles. The van der Waals surface area contributed by atoms with Gasteiger partial charge in [0.2, 0.25) is 0 Å². The van der Waals surface area contributed by atoms with Crippen molar-refractivity contribution in [3.05, 3.63) is 81.3 Å². The monoisotopic (exact) mass is 512 g/mol. The molecule has 4 aromatic rings. The summed E-state index contributed by atoms with van der Waals surface area (Å²) in [6.07, 6.45) is 3.73. The van der Waals surface area contributed by atoms with Crippen LogP contribution in [0.4, 0.5) is 5.82 Å². The maximum atomic E-state index is 12.9. The van der Waals surface area contributed by atoms with E-state index in [1.165, 1.54) is 6.33 Å². The lowest BCUT2D eigenvalue weighted by Crippen LogP contribution is -2.32. The summed E-state index contributed by atoms with van der Waals surface area (Å²) in [5.41, 5.74) is 11.8. The van der Waals surface area contributed by atoms with E-state index in [4.69, 9.17) is 22.4 Å². The summed E-state index contributed by atoms with van der Waals surface area (Å²) in [5, 5.41) is 6.13. The second-order valence-electron chi connectivity index (χ2n) is 9.75. The van der Waals surface area contributed by atoms with Gasteiger partial charge in [0, 0.05) is 22.6 Å². The minimum absolute atomic E-state index is 0.0115. The van der Waals surface area contributed by atoms with Crippen molar-refractivity contribution in [3.63, 3.8) is 0 Å². The second kappa shape index (κ2) is 10.3. The normalized spacial score (nSPS) is 14.5. The van der Waals surface area contributed by atoms with Crippen LogP contribution in [0.25, 0.3) is 11.0 Å². The van der Waals surface area contributed by atoms with Gasteiger partial charge >= 0.3 is 0 Å². The van der Waals surface area contributed by atoms with Crippen LogP contribution in [0.2, 0.25) is 5.02 Å². The van der Waals surface area contributed by atoms with Crippen LogP contribution >= 0.6 is 11.6 Å². The number of benzene rings is 2. The summed E-state index contributed by atoms with van der Waals surface area (Å²) >= 11 is 6.22. The number of hydrogen-bond acceptors (Lipinski definition) is 6. The first kappa shape index (κ1) is 24.9. The number of rotatable bonds is 4. The van der Waals surface area contributed by atoms with Gasteiger partial charge in [-0.1, -0.05) is 41.8 Å². The van der Waals surface area contributed by atoms with Gasteiger partial charge < -0.3 is 10.6 Å². The molecule has 2 aromatic heterocycles. The third-order valence-electron chi connectivity index (χ3n) is 7.03. The van der Waals surface area contributed by atoms with Crippen LogP contribution in [0, 0.1) is 25.7 Å². The van der Waals surface area contributed by atoms with Crippen LogP contribution in [-0.4, -0.2) is 50.6 Å². The molecule has 7 nitrogen and oxygen atoms in total. The van der Waals surface area contributed by atoms with Crippen molar-refractivity contribution in [2.24, 2.45) is 0 Å². The molecule has 0 atom stereocenters. The Morgan fingerprint density at radius 1 is 1.08 bits per heavy atom. The lowest BCUT2D eigenvalue weighted by molar-refractivity contribution is 0.0993. The van der Waals surface area contributed by atoms with E-state index in [-0.39, 0.29) is 18.2 Å². The Morgan fingerprint density at radius 2 is 1.84 bits per heavy atom. The Hall–Kier alpha value is -3.73. The molecule has 37 heavy (non-hydrogen) atoms. The molecular formula is C29H29ClN6O. The van der Waals surface area contributed by atoms with E-state index >= 15 is 0 Å². The second-order valence-corrected chi connectivity index (χ2v) is 10.2. The molecule has 2 N–H and O–H groups in total. The topological polar surface area (TPSA) is 89.9 Å². The number of halogens is 1. The highest BCUT2D eigenvalue weighted by atomic mass is 35.5. The highest BCUT2D eigenvalue weighted by Gasteiger charge is 2.24. The van der Waals surface area contributed by atoms with E-state index in [1.54, 1.807) is 6.07 Å². The maximum absolute atomic E-state index is 12.9. The van der Waals surface area contributed by atoms with Gasteiger partial charge in [-0.3, -0.25) is 4.79 Å². The van der Waals surface area contributed by atoms with Crippen LogP contribution in [0.5, 0.6) is 0 Å². The number of piperidine rings is 1. The van der Waals surface area contributed by atoms with Crippen molar-refractivity contribution in [1.29, 1.82) is 0 Å². The molecule has 0 radical (unpaired) electrons. The van der Waals surface area contributed by atoms with Gasteiger partial charge in [0.05, 0.1) is 11.4 Å². The number of Topliss-reactive ketones (excluding diaryl/α,β-unsaturated/α-hetero) is 1. The van der Waals surface area contributed by atoms with Crippen molar-refractivity contribution in [2.75, 3.05) is 25.9 Å². The summed E-state index contributed by atoms with van der Waals surface area (Å²) in [7, 11) is 2.13. The number of anilines is 1. The zero-order valence-electron chi connectivity index (χ0n) is 21.3. The number of aryl methyl sites for hydroxylation is 2. The van der Waals surface area contributed by atoms with Crippen molar-refractivity contribution in [1.82, 2.24) is 24.6 Å². The lowest BCUT2D eigenvalue weighted by atomic mass is 9.98. The van der Waals surface area contributed by atoms with Crippen molar-refractivity contribution in [3.8, 4) is 11.8 Å². The minimum atomic E-state index is 0.0115. The SMILES string of the molecule is Cc1ccc(C(=O)Cc2ccc(C)c(C#Cc3nn(C4CCN(C)CC4)c4ncnc(N)c34)c2)cc1Cl. The van der Waals surface area contributed by atoms with E-state index in [0.29, 0.717) is 27.5 Å². The number of nitrogen functional groups attached to an aromatic ring is 1. The number of hydrogen-bond donors (Lipinski definition) is 1. The fourth-order valence-corrected chi connectivity index (χ4v) is 4.85. The zero-order chi connectivity index (χ0) is 26.1. The van der Waals surface area contributed by atoms with Crippen LogP contribution in [0.3, 0.4) is 0 Å². The summed E-state index contributed by atoms with van der Waals surface area (Å²) in [6.45, 7) is 5.93. The first-order valence-corrected chi connectivity index (χ1v) is 12.8. The fourth-order valence-electron chi connectivity index (χ4n) is 4.67. The number of nitrogens with zero attached hydrogens (tertiary/aromatic N) is 5. The van der Waals surface area contributed by atoms with Gasteiger partial charge in [0.1, 0.15) is 17.8 Å². The van der Waals surface area contributed by atoms with Gasteiger partial charge in [0.25, 0.3) is 0 Å². The summed E-state index contributed by atoms with van der Waals surface area (Å²) in [4.78, 5) is 23.9. The van der Waals surface area contributed by atoms with E-state index in [1.807, 2.05) is 48.9 Å². The predicted octanol–water partition coefficient (Wildman–Crippen LogP) is 4.77. The van der Waals surface area contributed by atoms with Crippen LogP contribution in [0.15, 0.2) is 42.7 Å². The number of aromatic nitrogens is 4. The molecule has 0 amide bonds. The van der Waals surface area contributed by atoms with E-state index in [9.17, 15) is 4.79 Å². The van der Waals surface area contributed by atoms with Gasteiger partial charge in [0.15, 0.2) is 11.4 Å². The standard InChI is InChI=1S/C29H29ClN6O/c1-18-4-6-20(15-26(37)22-7-5-19(2)24(30)16-22)14-21(18)8-9-25-27-28(31)32-17-33-29(27)36(34-25)23-10-12-35(3)13-11-23/h4-7,14,16-17,23H,10-13,15H2,1-3H3,(H2,31,32,33). The highest BCUT2D eigenvalue weighted by Crippen LogP contribution is 2.28. The van der Waals surface area contributed by atoms with Crippen molar-refractivity contribution >= 4 is 34.2 Å². The molecule has 0 saturated carbocycles. The van der Waals surface area contributed by atoms with Crippen LogP contribution in [0.1, 0.15) is 57.2 Å². The lowest BCUT2D eigenvalue weighted by Gasteiger charge is -2.29.